The summed E-state index contributed by atoms with van der Waals surface area (Å²) >= 11 is 0. The number of nitrogens with zero attached hydrogens (tertiary/aromatic N) is 5. The molecule has 18 heavy (non-hydrogen) atoms. The van der Waals surface area contributed by atoms with Crippen LogP contribution in [-0.4, -0.2) is 39.0 Å². The maximum absolute atomic E-state index is 11.7. The summed E-state index contributed by atoms with van der Waals surface area (Å²) in [5.41, 5.74) is 1.63. The summed E-state index contributed by atoms with van der Waals surface area (Å²) in [6.07, 6.45) is 8.99. The van der Waals surface area contributed by atoms with Gasteiger partial charge in [0, 0.05) is 0 Å². The SMILES string of the molecule is COC(=O)C1=C(n2cnnn2)[C@@H]2C=CC=CC2=N1. The van der Waals surface area contributed by atoms with E-state index >= 15 is 0 Å². The van der Waals surface area contributed by atoms with Gasteiger partial charge in [0.15, 0.2) is 5.70 Å². The molecule has 0 saturated heterocycles. The second-order valence-electron chi connectivity index (χ2n) is 3.74. The number of allylic oxidation sites excluding steroid dienone is 5. The minimum Gasteiger partial charge on any atom is -0.464 e. The Hall–Kier alpha value is -2.57. The van der Waals surface area contributed by atoms with Crippen molar-refractivity contribution >= 4 is 17.4 Å². The topological polar surface area (TPSA) is 82.3 Å². The van der Waals surface area contributed by atoms with Crippen LogP contribution in [0, 0.1) is 5.92 Å². The number of fused-ring (bicyclic) bond motifs is 1. The number of hydrogen-bond donors (Lipinski definition) is 0. The van der Waals surface area contributed by atoms with Gasteiger partial charge in [0.2, 0.25) is 0 Å². The quantitative estimate of drug-likeness (QED) is 0.693. The van der Waals surface area contributed by atoms with Crippen molar-refractivity contribution in [3.05, 3.63) is 36.3 Å². The molecule has 1 aromatic rings. The number of methoxy groups -OCH3 is 1. The Kier molecular flexibility index (Phi) is 2.36. The molecule has 1 aliphatic carbocycles. The molecular formula is C11H9N5O2. The average Bonchev–Trinajstić information content (AvgIpc) is 3.03. The molecule has 90 valence electrons. The van der Waals surface area contributed by atoms with E-state index in [2.05, 4.69) is 20.5 Å². The summed E-state index contributed by atoms with van der Waals surface area (Å²) in [6, 6.07) is 0. The van der Waals surface area contributed by atoms with Gasteiger partial charge in [-0.15, -0.1) is 5.10 Å². The minimum absolute atomic E-state index is 0.118. The van der Waals surface area contributed by atoms with Gasteiger partial charge in [0.05, 0.1) is 24.4 Å². The Morgan fingerprint density at radius 1 is 1.44 bits per heavy atom. The highest BCUT2D eigenvalue weighted by Crippen LogP contribution is 2.32. The van der Waals surface area contributed by atoms with Crippen molar-refractivity contribution in [1.82, 2.24) is 20.2 Å². The van der Waals surface area contributed by atoms with Gasteiger partial charge in [-0.3, -0.25) is 0 Å². The number of hydrogen-bond acceptors (Lipinski definition) is 6. The lowest BCUT2D eigenvalue weighted by Gasteiger charge is -2.12. The number of esters is 1. The third-order valence-electron chi connectivity index (χ3n) is 2.75. The van der Waals surface area contributed by atoms with Gasteiger partial charge >= 0.3 is 5.97 Å². The van der Waals surface area contributed by atoms with E-state index < -0.39 is 5.97 Å². The van der Waals surface area contributed by atoms with E-state index in [0.29, 0.717) is 5.70 Å². The lowest BCUT2D eigenvalue weighted by molar-refractivity contribution is -0.136. The number of aliphatic imine (C=N–C) groups is 1. The first-order chi connectivity index (χ1) is 8.81. The molecule has 0 fully saturated rings. The molecule has 2 aliphatic rings. The Morgan fingerprint density at radius 2 is 2.33 bits per heavy atom. The molecular weight excluding hydrogens is 234 g/mol. The number of rotatable bonds is 2. The molecule has 0 N–H and O–H groups in total. The molecule has 0 radical (unpaired) electrons. The van der Waals surface area contributed by atoms with E-state index in [4.69, 9.17) is 4.74 Å². The highest BCUT2D eigenvalue weighted by Gasteiger charge is 2.33. The predicted octanol–water partition coefficient (Wildman–Crippen LogP) is 0.211. The fourth-order valence-corrected chi connectivity index (χ4v) is 1.97. The van der Waals surface area contributed by atoms with Crippen LogP contribution < -0.4 is 0 Å². The molecule has 7 heteroatoms. The van der Waals surface area contributed by atoms with Crippen molar-refractivity contribution < 1.29 is 9.53 Å². The number of ether oxygens (including phenoxy) is 1. The molecule has 7 nitrogen and oxygen atoms in total. The van der Waals surface area contributed by atoms with E-state index in [1.807, 2.05) is 24.3 Å². The summed E-state index contributed by atoms with van der Waals surface area (Å²) in [7, 11) is 1.32. The monoisotopic (exact) mass is 243 g/mol. The van der Waals surface area contributed by atoms with E-state index in [1.165, 1.54) is 18.1 Å². The average molecular weight is 243 g/mol. The zero-order chi connectivity index (χ0) is 12.5. The van der Waals surface area contributed by atoms with Crippen molar-refractivity contribution in [1.29, 1.82) is 0 Å². The largest absolute Gasteiger partial charge is 0.464 e. The Bertz CT molecular complexity index is 609. The highest BCUT2D eigenvalue weighted by atomic mass is 16.5. The molecule has 2 heterocycles. The van der Waals surface area contributed by atoms with Crippen LogP contribution in [0.4, 0.5) is 0 Å². The normalized spacial score (nSPS) is 20.9. The molecule has 0 bridgehead atoms. The predicted molar refractivity (Wildman–Crippen MR) is 62.3 cm³/mol. The van der Waals surface area contributed by atoms with Crippen LogP contribution in [0.1, 0.15) is 0 Å². The second-order valence-corrected chi connectivity index (χ2v) is 3.74. The first-order valence-corrected chi connectivity index (χ1v) is 5.30. The van der Waals surface area contributed by atoms with E-state index in [9.17, 15) is 4.79 Å². The number of carbonyl (C=O) groups is 1. The smallest absolute Gasteiger partial charge is 0.358 e. The first-order valence-electron chi connectivity index (χ1n) is 5.30. The maximum atomic E-state index is 11.7. The molecule has 0 spiro atoms. The zero-order valence-corrected chi connectivity index (χ0v) is 9.52. The molecule has 1 atom stereocenters. The van der Waals surface area contributed by atoms with E-state index in [0.717, 1.165) is 5.71 Å². The van der Waals surface area contributed by atoms with Gasteiger partial charge in [-0.1, -0.05) is 18.2 Å². The third kappa shape index (κ3) is 1.48. The van der Waals surface area contributed by atoms with Crippen LogP contribution in [0.15, 0.2) is 41.3 Å². The number of carbonyl (C=O) groups excluding carboxylic acids is 1. The van der Waals surface area contributed by atoms with Crippen LogP contribution in [0.3, 0.4) is 0 Å². The number of tetrazole rings is 1. The van der Waals surface area contributed by atoms with Gasteiger partial charge in [-0.05, 0) is 16.5 Å². The van der Waals surface area contributed by atoms with Crippen LogP contribution in [0.2, 0.25) is 0 Å². The molecule has 1 aromatic heterocycles. The summed E-state index contributed by atoms with van der Waals surface area (Å²) in [5, 5.41) is 11.0. The first kappa shape index (κ1) is 10.6. The van der Waals surface area contributed by atoms with Gasteiger partial charge in [-0.2, -0.15) is 0 Å². The van der Waals surface area contributed by atoms with Crippen molar-refractivity contribution in [3.8, 4) is 0 Å². The third-order valence-corrected chi connectivity index (χ3v) is 2.75. The van der Waals surface area contributed by atoms with Crippen LogP contribution in [0.5, 0.6) is 0 Å². The lowest BCUT2D eigenvalue weighted by atomic mass is 9.96. The van der Waals surface area contributed by atoms with Crippen LogP contribution >= 0.6 is 0 Å². The van der Waals surface area contributed by atoms with E-state index in [-0.39, 0.29) is 11.6 Å². The van der Waals surface area contributed by atoms with Crippen molar-refractivity contribution in [3.63, 3.8) is 0 Å². The van der Waals surface area contributed by atoms with Crippen molar-refractivity contribution in [2.24, 2.45) is 10.9 Å². The molecule has 1 aliphatic heterocycles. The van der Waals surface area contributed by atoms with Gasteiger partial charge in [-0.25, -0.2) is 14.5 Å². The lowest BCUT2D eigenvalue weighted by Crippen LogP contribution is -2.15. The van der Waals surface area contributed by atoms with Crippen LogP contribution in [0.25, 0.3) is 5.70 Å². The fourth-order valence-electron chi connectivity index (χ4n) is 1.97. The zero-order valence-electron chi connectivity index (χ0n) is 9.52. The summed E-state index contributed by atoms with van der Waals surface area (Å²) in [4.78, 5) is 16.0. The fraction of sp³-hybridized carbons (Fsp3) is 0.182. The molecule has 0 unspecified atom stereocenters. The molecule has 0 saturated carbocycles. The van der Waals surface area contributed by atoms with Crippen molar-refractivity contribution in [2.75, 3.05) is 7.11 Å². The molecule has 0 aromatic carbocycles. The highest BCUT2D eigenvalue weighted by molar-refractivity contribution is 6.14. The summed E-state index contributed by atoms with van der Waals surface area (Å²) in [5.74, 6) is -0.614. The molecule has 0 amide bonds. The van der Waals surface area contributed by atoms with Gasteiger partial charge in [0.25, 0.3) is 0 Å². The Labute approximate surface area is 102 Å². The molecule has 3 rings (SSSR count). The Balaban J connectivity index is 2.14. The van der Waals surface area contributed by atoms with Crippen molar-refractivity contribution in [2.45, 2.75) is 0 Å². The van der Waals surface area contributed by atoms with E-state index in [1.54, 1.807) is 0 Å². The maximum Gasteiger partial charge on any atom is 0.358 e. The Morgan fingerprint density at radius 3 is 3.06 bits per heavy atom. The minimum atomic E-state index is -0.496. The second kappa shape index (κ2) is 4.02. The standard InChI is InChI=1S/C11H9N5O2/c1-18-11(17)9-10(16-6-12-14-15-16)7-4-2-3-5-8(7)13-9/h2-7H,1H3/t7-/m1/s1. The number of aromatic nitrogens is 4. The van der Waals surface area contributed by atoms with Gasteiger partial charge < -0.3 is 4.74 Å². The summed E-state index contributed by atoms with van der Waals surface area (Å²) < 4.78 is 6.18. The summed E-state index contributed by atoms with van der Waals surface area (Å²) in [6.45, 7) is 0. The van der Waals surface area contributed by atoms with Gasteiger partial charge in [0.1, 0.15) is 6.33 Å². The van der Waals surface area contributed by atoms with Crippen LogP contribution in [-0.2, 0) is 9.53 Å².